The normalized spacial score (nSPS) is 10.7. The molecule has 0 unspecified atom stereocenters. The van der Waals surface area contributed by atoms with Crippen molar-refractivity contribution in [2.24, 2.45) is 0 Å². The summed E-state index contributed by atoms with van der Waals surface area (Å²) < 4.78 is 1.42. The number of aryl methyl sites for hydroxylation is 2. The zero-order chi connectivity index (χ0) is 21.3. The molecule has 0 saturated carbocycles. The molecule has 4 nitrogen and oxygen atoms in total. The number of hydrogen-bond donors (Lipinski definition) is 2. The van der Waals surface area contributed by atoms with Crippen molar-refractivity contribution >= 4 is 74.2 Å². The van der Waals surface area contributed by atoms with Crippen LogP contribution in [0.4, 0.5) is 5.69 Å². The molecule has 0 aliphatic heterocycles. The number of aromatic hydroxyl groups is 1. The molecule has 0 heterocycles. The summed E-state index contributed by atoms with van der Waals surface area (Å²) in [6.07, 6.45) is 0. The summed E-state index contributed by atoms with van der Waals surface area (Å²) in [5.74, 6) is -0.755. The molecule has 0 fully saturated rings. The minimum atomic E-state index is -0.466. The van der Waals surface area contributed by atoms with Crippen molar-refractivity contribution in [1.82, 2.24) is 0 Å². The van der Waals surface area contributed by atoms with Gasteiger partial charge in [0.15, 0.2) is 5.78 Å². The molecule has 0 aliphatic carbocycles. The number of phenols is 1. The zero-order valence-corrected chi connectivity index (χ0v) is 20.6. The number of halogens is 3. The van der Waals surface area contributed by atoms with Crippen LogP contribution in [0.1, 0.15) is 37.4 Å². The van der Waals surface area contributed by atoms with E-state index in [-0.39, 0.29) is 17.1 Å². The minimum absolute atomic E-state index is 0.0795. The monoisotopic (exact) mass is 631 g/mol. The summed E-state index contributed by atoms with van der Waals surface area (Å²) in [7, 11) is 0. The standard InChI is InChI=1S/C22H16ClI2NO3/c1-11-3-4-12(2)15(7-11)20(27)16-10-14(5-6-18(16)23)26-22(29)17-8-13(24)9-19(25)21(17)28/h3-10,28H,1-2H3,(H,26,29). The summed E-state index contributed by atoms with van der Waals surface area (Å²) in [5.41, 5.74) is 3.28. The third-order valence-electron chi connectivity index (χ3n) is 4.38. The molecule has 2 N–H and O–H groups in total. The van der Waals surface area contributed by atoms with Gasteiger partial charge in [-0.15, -0.1) is 0 Å². The summed E-state index contributed by atoms with van der Waals surface area (Å²) in [4.78, 5) is 25.7. The van der Waals surface area contributed by atoms with E-state index < -0.39 is 5.91 Å². The first-order chi connectivity index (χ1) is 13.7. The number of carbonyl (C=O) groups excluding carboxylic acids is 2. The molecule has 148 valence electrons. The molecule has 0 radical (unpaired) electrons. The van der Waals surface area contributed by atoms with Crippen molar-refractivity contribution in [2.45, 2.75) is 13.8 Å². The molecule has 0 saturated heterocycles. The molecule has 0 aromatic heterocycles. The van der Waals surface area contributed by atoms with E-state index in [0.717, 1.165) is 14.7 Å². The number of benzene rings is 3. The van der Waals surface area contributed by atoms with E-state index in [1.165, 1.54) is 0 Å². The van der Waals surface area contributed by atoms with Crippen LogP contribution in [-0.4, -0.2) is 16.8 Å². The Balaban J connectivity index is 1.95. The number of amides is 1. The lowest BCUT2D eigenvalue weighted by Crippen LogP contribution is -2.14. The SMILES string of the molecule is Cc1ccc(C)c(C(=O)c2cc(NC(=O)c3cc(I)cc(I)c3O)ccc2Cl)c1. The van der Waals surface area contributed by atoms with Crippen LogP contribution in [0.15, 0.2) is 48.5 Å². The van der Waals surface area contributed by atoms with Crippen LogP contribution in [0.25, 0.3) is 0 Å². The highest BCUT2D eigenvalue weighted by atomic mass is 127. The van der Waals surface area contributed by atoms with Crippen molar-refractivity contribution in [3.63, 3.8) is 0 Å². The predicted molar refractivity (Wildman–Crippen MR) is 132 cm³/mol. The van der Waals surface area contributed by atoms with Gasteiger partial charge < -0.3 is 10.4 Å². The van der Waals surface area contributed by atoms with Gasteiger partial charge in [0, 0.05) is 20.4 Å². The van der Waals surface area contributed by atoms with Crippen LogP contribution in [0.5, 0.6) is 5.75 Å². The molecule has 3 aromatic rings. The number of ketones is 1. The molecule has 1 amide bonds. The Morgan fingerprint density at radius 1 is 0.931 bits per heavy atom. The van der Waals surface area contributed by atoms with Gasteiger partial charge >= 0.3 is 0 Å². The summed E-state index contributed by atoms with van der Waals surface area (Å²) in [5, 5.41) is 13.3. The number of hydrogen-bond acceptors (Lipinski definition) is 3. The molecule has 7 heteroatoms. The van der Waals surface area contributed by atoms with Crippen LogP contribution in [0, 0.1) is 21.0 Å². The smallest absolute Gasteiger partial charge is 0.259 e. The van der Waals surface area contributed by atoms with Crippen LogP contribution in [-0.2, 0) is 0 Å². The maximum Gasteiger partial charge on any atom is 0.259 e. The molecule has 0 atom stereocenters. The zero-order valence-electron chi connectivity index (χ0n) is 15.5. The van der Waals surface area contributed by atoms with E-state index in [1.54, 1.807) is 30.3 Å². The summed E-state index contributed by atoms with van der Waals surface area (Å²) in [6, 6.07) is 13.8. The summed E-state index contributed by atoms with van der Waals surface area (Å²) >= 11 is 10.3. The number of carbonyl (C=O) groups is 2. The fourth-order valence-electron chi connectivity index (χ4n) is 2.84. The lowest BCUT2D eigenvalue weighted by molar-refractivity contribution is 0.101. The van der Waals surface area contributed by atoms with Crippen LogP contribution < -0.4 is 5.32 Å². The van der Waals surface area contributed by atoms with Gasteiger partial charge in [-0.1, -0.05) is 29.3 Å². The lowest BCUT2D eigenvalue weighted by atomic mass is 9.97. The van der Waals surface area contributed by atoms with Crippen LogP contribution >= 0.6 is 56.8 Å². The highest BCUT2D eigenvalue weighted by Crippen LogP contribution is 2.29. The molecular weight excluding hydrogens is 616 g/mol. The van der Waals surface area contributed by atoms with E-state index in [4.69, 9.17) is 11.6 Å². The van der Waals surface area contributed by atoms with Crippen LogP contribution in [0.2, 0.25) is 5.02 Å². The van der Waals surface area contributed by atoms with E-state index in [1.807, 2.05) is 54.6 Å². The van der Waals surface area contributed by atoms with E-state index in [9.17, 15) is 14.7 Å². The predicted octanol–water partition coefficient (Wildman–Crippen LogP) is 6.35. The van der Waals surface area contributed by atoms with Crippen molar-refractivity contribution in [3.8, 4) is 5.75 Å². The van der Waals surface area contributed by atoms with Crippen molar-refractivity contribution in [1.29, 1.82) is 0 Å². The van der Waals surface area contributed by atoms with Gasteiger partial charge in [-0.25, -0.2) is 0 Å². The first kappa shape index (κ1) is 22.0. The maximum absolute atomic E-state index is 13.1. The number of anilines is 1. The molecular formula is C22H16ClI2NO3. The largest absolute Gasteiger partial charge is 0.506 e. The maximum atomic E-state index is 13.1. The lowest BCUT2D eigenvalue weighted by Gasteiger charge is -2.12. The number of nitrogens with one attached hydrogen (secondary N) is 1. The Morgan fingerprint density at radius 2 is 1.66 bits per heavy atom. The molecule has 0 aliphatic rings. The second kappa shape index (κ2) is 9.01. The average Bonchev–Trinajstić information content (AvgIpc) is 2.67. The Labute approximate surface area is 200 Å². The number of rotatable bonds is 4. The second-order valence-corrected chi connectivity index (χ2v) is 9.40. The Bertz CT molecular complexity index is 1150. The fraction of sp³-hybridized carbons (Fsp3) is 0.0909. The van der Waals surface area contributed by atoms with E-state index >= 15 is 0 Å². The quantitative estimate of drug-likeness (QED) is 0.261. The third-order valence-corrected chi connectivity index (χ3v) is 6.15. The molecule has 0 spiro atoms. The van der Waals surface area contributed by atoms with Gasteiger partial charge in [0.2, 0.25) is 0 Å². The Hall–Kier alpha value is -1.65. The third kappa shape index (κ3) is 4.92. The highest BCUT2D eigenvalue weighted by molar-refractivity contribution is 14.1. The highest BCUT2D eigenvalue weighted by Gasteiger charge is 2.19. The van der Waals surface area contributed by atoms with Gasteiger partial charge in [0.25, 0.3) is 5.91 Å². The van der Waals surface area contributed by atoms with Gasteiger partial charge in [0.1, 0.15) is 5.75 Å². The Morgan fingerprint density at radius 3 is 2.38 bits per heavy atom. The van der Waals surface area contributed by atoms with Crippen molar-refractivity contribution in [3.05, 3.63) is 88.5 Å². The van der Waals surface area contributed by atoms with Crippen molar-refractivity contribution in [2.75, 3.05) is 5.32 Å². The van der Waals surface area contributed by atoms with Gasteiger partial charge in [-0.3, -0.25) is 9.59 Å². The molecule has 29 heavy (non-hydrogen) atoms. The Kier molecular flexibility index (Phi) is 6.85. The average molecular weight is 632 g/mol. The number of phenolic OH excluding ortho intramolecular Hbond substituents is 1. The van der Waals surface area contributed by atoms with Gasteiger partial charge in [-0.05, 0) is 101 Å². The summed E-state index contributed by atoms with van der Waals surface area (Å²) in [6.45, 7) is 3.79. The fourth-order valence-corrected chi connectivity index (χ4v) is 4.89. The van der Waals surface area contributed by atoms with Crippen LogP contribution in [0.3, 0.4) is 0 Å². The molecule has 3 aromatic carbocycles. The minimum Gasteiger partial charge on any atom is -0.506 e. The van der Waals surface area contributed by atoms with Crippen molar-refractivity contribution < 1.29 is 14.7 Å². The first-order valence-electron chi connectivity index (χ1n) is 8.58. The van der Waals surface area contributed by atoms with E-state index in [2.05, 4.69) is 27.9 Å². The first-order valence-corrected chi connectivity index (χ1v) is 11.1. The second-order valence-electron chi connectivity index (χ2n) is 6.58. The molecule has 0 bridgehead atoms. The van der Waals surface area contributed by atoms with E-state index in [0.29, 0.717) is 25.4 Å². The molecule has 3 rings (SSSR count). The van der Waals surface area contributed by atoms with Gasteiger partial charge in [-0.2, -0.15) is 0 Å². The van der Waals surface area contributed by atoms with Gasteiger partial charge in [0.05, 0.1) is 14.2 Å². The topological polar surface area (TPSA) is 66.4 Å².